The van der Waals surface area contributed by atoms with Crippen molar-refractivity contribution in [2.45, 2.75) is 64.8 Å². The molecule has 0 amide bonds. The van der Waals surface area contributed by atoms with E-state index in [2.05, 4.69) is 17.9 Å². The van der Waals surface area contributed by atoms with Crippen LogP contribution in [-0.4, -0.2) is 65.2 Å². The van der Waals surface area contributed by atoms with Crippen molar-refractivity contribution in [2.24, 2.45) is 0 Å². The monoisotopic (exact) mass is 644 g/mol. The SMILES string of the molecule is COC(=O)[C@@H](OC(C)(C)C)c1c(C)nc2cc3nn2c1N1CCC(C)(CC1)OC/C=C/COc1ccc(Cl)cc1-c1cccc-3c1. The number of nitrogens with zero attached hydrogens (tertiary/aromatic N) is 4. The molecule has 1 saturated heterocycles. The summed E-state index contributed by atoms with van der Waals surface area (Å²) in [6.45, 7) is 12.1. The van der Waals surface area contributed by atoms with Crippen LogP contribution in [0, 0.1) is 6.92 Å². The molecule has 0 unspecified atom stereocenters. The van der Waals surface area contributed by atoms with Crippen LogP contribution in [0.15, 0.2) is 60.7 Å². The predicted molar refractivity (Wildman–Crippen MR) is 180 cm³/mol. The van der Waals surface area contributed by atoms with Crippen LogP contribution in [0.4, 0.5) is 5.82 Å². The number of piperidine rings is 1. The van der Waals surface area contributed by atoms with Crippen molar-refractivity contribution in [3.63, 3.8) is 0 Å². The summed E-state index contributed by atoms with van der Waals surface area (Å²) in [5, 5.41) is 5.74. The third-order valence-electron chi connectivity index (χ3n) is 8.51. The first kappa shape index (κ1) is 32.0. The first-order valence-corrected chi connectivity index (χ1v) is 16.1. The van der Waals surface area contributed by atoms with Crippen LogP contribution in [0.1, 0.15) is 57.9 Å². The molecule has 4 aromatic rings. The van der Waals surface area contributed by atoms with Crippen molar-refractivity contribution in [1.82, 2.24) is 14.6 Å². The summed E-state index contributed by atoms with van der Waals surface area (Å²) in [7, 11) is 1.38. The fraction of sp³-hybridized carbons (Fsp3) is 0.417. The number of fused-ring (bicyclic) bond motifs is 6. The first-order valence-electron chi connectivity index (χ1n) is 15.7. The standard InChI is InChI=1S/C36H41ClN4O5/c1-23-31(32(34(42)43-6)46-35(2,3)4)33-40-16-14-36(5,15-17-40)45-19-8-7-18-44-29-13-12-26(37)21-27(29)24-10-9-11-25(20-24)28-22-30(38-23)41(33)39-28/h7-13,20-22,32H,14-19H2,1-6H3/b8-7+/t32-/m0/s1. The van der Waals surface area contributed by atoms with Crippen LogP contribution in [0.5, 0.6) is 5.75 Å². The molecule has 7 rings (SSSR count). The minimum Gasteiger partial charge on any atom is -0.489 e. The van der Waals surface area contributed by atoms with Gasteiger partial charge in [0.25, 0.3) is 0 Å². The zero-order valence-electron chi connectivity index (χ0n) is 27.3. The highest BCUT2D eigenvalue weighted by Crippen LogP contribution is 2.40. The van der Waals surface area contributed by atoms with Gasteiger partial charge in [-0.2, -0.15) is 9.61 Å². The van der Waals surface area contributed by atoms with Gasteiger partial charge in [-0.15, -0.1) is 0 Å². The lowest BCUT2D eigenvalue weighted by molar-refractivity contribution is -0.164. The minimum atomic E-state index is -0.995. The Hall–Kier alpha value is -3.92. The van der Waals surface area contributed by atoms with Crippen molar-refractivity contribution in [1.29, 1.82) is 0 Å². The molecule has 10 heteroatoms. The van der Waals surface area contributed by atoms with Crippen LogP contribution < -0.4 is 9.64 Å². The molecule has 0 spiro atoms. The van der Waals surface area contributed by atoms with E-state index >= 15 is 0 Å². The average molecular weight is 645 g/mol. The van der Waals surface area contributed by atoms with Gasteiger partial charge in [0.2, 0.25) is 0 Å². The molecule has 0 radical (unpaired) electrons. The number of methoxy groups -OCH3 is 1. The van der Waals surface area contributed by atoms with Gasteiger partial charge >= 0.3 is 5.97 Å². The molecule has 1 atom stereocenters. The van der Waals surface area contributed by atoms with E-state index in [1.807, 2.05) is 86.8 Å². The number of anilines is 1. The Kier molecular flexibility index (Phi) is 8.85. The molecule has 46 heavy (non-hydrogen) atoms. The van der Waals surface area contributed by atoms with Crippen LogP contribution in [0.2, 0.25) is 5.02 Å². The highest BCUT2D eigenvalue weighted by atomic mass is 35.5. The van der Waals surface area contributed by atoms with Crippen molar-refractivity contribution in [3.05, 3.63) is 77.0 Å². The highest BCUT2D eigenvalue weighted by Gasteiger charge is 2.38. The Labute approximate surface area is 275 Å². The molecule has 3 aliphatic heterocycles. The van der Waals surface area contributed by atoms with Gasteiger partial charge in [-0.05, 0) is 83.4 Å². The van der Waals surface area contributed by atoms with Gasteiger partial charge in [-0.1, -0.05) is 35.9 Å². The number of aryl methyl sites for hydroxylation is 1. The Morgan fingerprint density at radius 3 is 2.52 bits per heavy atom. The summed E-state index contributed by atoms with van der Waals surface area (Å²) in [6, 6.07) is 15.8. The van der Waals surface area contributed by atoms with Crippen molar-refractivity contribution >= 4 is 29.0 Å². The Balaban J connectivity index is 1.56. The normalized spacial score (nSPS) is 17.8. The summed E-state index contributed by atoms with van der Waals surface area (Å²) in [4.78, 5) is 20.6. The smallest absolute Gasteiger partial charge is 0.339 e. The van der Waals surface area contributed by atoms with E-state index in [1.54, 1.807) is 0 Å². The van der Waals surface area contributed by atoms with Crippen LogP contribution >= 0.6 is 11.6 Å². The van der Waals surface area contributed by atoms with E-state index in [9.17, 15) is 4.79 Å². The maximum atomic E-state index is 13.3. The Morgan fingerprint density at radius 2 is 1.78 bits per heavy atom. The van der Waals surface area contributed by atoms with Crippen molar-refractivity contribution in [2.75, 3.05) is 38.3 Å². The number of esters is 1. The number of benzene rings is 2. The van der Waals surface area contributed by atoms with Crippen molar-refractivity contribution in [3.8, 4) is 28.1 Å². The number of hydrogen-bond acceptors (Lipinski definition) is 8. The number of rotatable bonds is 3. The number of carbonyl (C=O) groups is 1. The van der Waals surface area contributed by atoms with Gasteiger partial charge in [0.1, 0.15) is 18.2 Å². The second-order valence-electron chi connectivity index (χ2n) is 13.1. The molecule has 2 aromatic carbocycles. The molecule has 6 bridgehead atoms. The maximum Gasteiger partial charge on any atom is 0.339 e. The fourth-order valence-electron chi connectivity index (χ4n) is 6.11. The van der Waals surface area contributed by atoms with Gasteiger partial charge in [0.05, 0.1) is 36.2 Å². The molecule has 1 fully saturated rings. The number of ether oxygens (including phenoxy) is 4. The number of halogens is 1. The maximum absolute atomic E-state index is 13.3. The quantitative estimate of drug-likeness (QED) is 0.169. The Morgan fingerprint density at radius 1 is 1.04 bits per heavy atom. The molecule has 9 nitrogen and oxygen atoms in total. The minimum absolute atomic E-state index is 0.312. The van der Waals surface area contributed by atoms with E-state index in [0.717, 1.165) is 46.8 Å². The topological polar surface area (TPSA) is 87.4 Å². The number of aromatic nitrogens is 3. The van der Waals surface area contributed by atoms with Gasteiger partial charge in [0, 0.05) is 41.0 Å². The second-order valence-corrected chi connectivity index (χ2v) is 13.6. The third kappa shape index (κ3) is 6.63. The van der Waals surface area contributed by atoms with E-state index < -0.39 is 17.7 Å². The molecule has 0 N–H and O–H groups in total. The summed E-state index contributed by atoms with van der Waals surface area (Å²) < 4.78 is 26.1. The molecule has 5 heterocycles. The van der Waals surface area contributed by atoms with Gasteiger partial charge in [0.15, 0.2) is 11.8 Å². The summed E-state index contributed by atoms with van der Waals surface area (Å²) >= 11 is 6.45. The lowest BCUT2D eigenvalue weighted by Crippen LogP contribution is -2.45. The summed E-state index contributed by atoms with van der Waals surface area (Å²) in [6.07, 6.45) is 4.56. The molecular formula is C36H41ClN4O5. The molecular weight excluding hydrogens is 604 g/mol. The average Bonchev–Trinajstić information content (AvgIpc) is 3.44. The zero-order chi connectivity index (χ0) is 32.6. The number of hydrogen-bond donors (Lipinski definition) is 0. The largest absolute Gasteiger partial charge is 0.489 e. The van der Waals surface area contributed by atoms with Gasteiger partial charge < -0.3 is 23.8 Å². The van der Waals surface area contributed by atoms with Crippen molar-refractivity contribution < 1.29 is 23.7 Å². The fourth-order valence-corrected chi connectivity index (χ4v) is 6.28. The lowest BCUT2D eigenvalue weighted by Gasteiger charge is -2.41. The highest BCUT2D eigenvalue weighted by molar-refractivity contribution is 6.31. The first-order chi connectivity index (χ1) is 21.9. The third-order valence-corrected chi connectivity index (χ3v) is 8.75. The van der Waals surface area contributed by atoms with E-state index in [0.29, 0.717) is 48.2 Å². The summed E-state index contributed by atoms with van der Waals surface area (Å²) in [5.74, 6) is 1.02. The van der Waals surface area contributed by atoms with Gasteiger partial charge in [-0.3, -0.25) is 0 Å². The van der Waals surface area contributed by atoms with Crippen LogP contribution in [0.25, 0.3) is 28.0 Å². The van der Waals surface area contributed by atoms with E-state index in [1.165, 1.54) is 7.11 Å². The zero-order valence-corrected chi connectivity index (χ0v) is 28.1. The molecule has 0 aliphatic carbocycles. The van der Waals surface area contributed by atoms with Crippen LogP contribution in [-0.2, 0) is 19.0 Å². The van der Waals surface area contributed by atoms with Crippen LogP contribution in [0.3, 0.4) is 0 Å². The number of carbonyl (C=O) groups excluding carboxylic acids is 1. The Bertz CT molecular complexity index is 1790. The second kappa shape index (κ2) is 12.7. The molecule has 0 saturated carbocycles. The van der Waals surface area contributed by atoms with E-state index in [-0.39, 0.29) is 5.60 Å². The molecule has 3 aliphatic rings. The predicted octanol–water partition coefficient (Wildman–Crippen LogP) is 7.38. The van der Waals surface area contributed by atoms with E-state index in [4.69, 9.17) is 40.6 Å². The summed E-state index contributed by atoms with van der Waals surface area (Å²) in [5.41, 5.74) is 4.55. The molecule has 242 valence electrons. The van der Waals surface area contributed by atoms with Gasteiger partial charge in [-0.25, -0.2) is 9.78 Å². The molecule has 2 aromatic heterocycles. The lowest BCUT2D eigenvalue weighted by atomic mass is 9.92.